The summed E-state index contributed by atoms with van der Waals surface area (Å²) in [6.45, 7) is 7.04. The molecule has 83 heavy (non-hydrogen) atoms. The Morgan fingerprint density at radius 1 is 0.325 bits per heavy atom. The molecule has 0 aliphatic carbocycles. The molecule has 0 aromatic carbocycles. The second-order valence-electron chi connectivity index (χ2n) is 23.6. The molecule has 0 fully saturated rings. The lowest BCUT2D eigenvalue weighted by Crippen LogP contribution is -2.30. The van der Waals surface area contributed by atoms with E-state index in [1.165, 1.54) is 135 Å². The minimum absolute atomic E-state index is 0.104. The van der Waals surface area contributed by atoms with Crippen molar-refractivity contribution in [3.8, 4) is 0 Å². The van der Waals surface area contributed by atoms with Crippen LogP contribution in [0, 0.1) is 5.92 Å². The quantitative estimate of drug-likeness (QED) is 0.0222. The Morgan fingerprint density at radius 3 is 0.819 bits per heavy atom. The van der Waals surface area contributed by atoms with Gasteiger partial charge in [-0.05, 0) is 31.6 Å². The first-order chi connectivity index (χ1) is 40.0. The van der Waals surface area contributed by atoms with Crippen molar-refractivity contribution in [1.82, 2.24) is 0 Å². The molecule has 0 saturated carbocycles. The maximum Gasteiger partial charge on any atom is 0.472 e. The number of carbonyl (C=O) groups excluding carboxylic acids is 4. The van der Waals surface area contributed by atoms with Gasteiger partial charge in [0.1, 0.15) is 19.3 Å². The lowest BCUT2D eigenvalue weighted by Gasteiger charge is -2.21. The second-order valence-corrected chi connectivity index (χ2v) is 26.5. The molecule has 3 N–H and O–H groups in total. The molecule has 0 aromatic heterocycles. The monoisotopic (exact) mass is 1230 g/mol. The number of aliphatic hydroxyl groups is 1. The Balaban J connectivity index is 5.11. The van der Waals surface area contributed by atoms with Gasteiger partial charge in [-0.3, -0.25) is 37.3 Å². The number of hydrogen-bond acceptors (Lipinski definition) is 15. The number of aliphatic hydroxyl groups excluding tert-OH is 1. The molecule has 0 spiro atoms. The molecular weight excluding hydrogens is 1100 g/mol. The Kier molecular flexibility index (Phi) is 56.4. The summed E-state index contributed by atoms with van der Waals surface area (Å²) in [6.07, 6.45) is 42.3. The highest BCUT2D eigenvalue weighted by atomic mass is 31.2. The van der Waals surface area contributed by atoms with Crippen LogP contribution in [0.3, 0.4) is 0 Å². The van der Waals surface area contributed by atoms with E-state index in [1.54, 1.807) is 0 Å². The van der Waals surface area contributed by atoms with Crippen LogP contribution >= 0.6 is 15.6 Å². The molecule has 0 rings (SSSR count). The van der Waals surface area contributed by atoms with Crippen LogP contribution in [0.25, 0.3) is 0 Å². The van der Waals surface area contributed by atoms with E-state index >= 15 is 0 Å². The average molecular weight is 1230 g/mol. The first-order valence-electron chi connectivity index (χ1n) is 33.6. The summed E-state index contributed by atoms with van der Waals surface area (Å²) in [5.74, 6) is -1.42. The summed E-state index contributed by atoms with van der Waals surface area (Å²) in [7, 11) is -9.87. The number of phosphoric ester groups is 2. The predicted molar refractivity (Wildman–Crippen MR) is 331 cm³/mol. The van der Waals surface area contributed by atoms with E-state index in [0.29, 0.717) is 25.7 Å². The summed E-state index contributed by atoms with van der Waals surface area (Å²) in [4.78, 5) is 71.8. The summed E-state index contributed by atoms with van der Waals surface area (Å²) in [6, 6.07) is 0. The standard InChI is InChI=1S/C64H124O17P2/c1-6-9-12-15-17-19-20-21-22-23-24-25-26-27-28-29-35-40-45-50-64(69)81-60(54-75-62(67)48-43-38-34-31-30-32-37-41-46-57(4)5)56-79-83(72,73)77-52-58(65)51-76-82(70,71)78-55-59(53-74-61(66)47-42-36-14-11-8-3)80-63(68)49-44-39-33-18-16-13-10-7-2/h57-60,65H,6-56H2,1-5H3,(H,70,71)(H,72,73)/t58-,59+,60+/m0/s1. The normalized spacial score (nSPS) is 14.2. The summed E-state index contributed by atoms with van der Waals surface area (Å²) in [5, 5.41) is 10.5. The second kappa shape index (κ2) is 57.8. The smallest absolute Gasteiger partial charge is 0.462 e. The van der Waals surface area contributed by atoms with Gasteiger partial charge < -0.3 is 33.8 Å². The van der Waals surface area contributed by atoms with Gasteiger partial charge >= 0.3 is 39.5 Å². The highest BCUT2D eigenvalue weighted by Crippen LogP contribution is 2.45. The zero-order valence-corrected chi connectivity index (χ0v) is 55.1. The molecule has 0 aliphatic heterocycles. The van der Waals surface area contributed by atoms with Crippen molar-refractivity contribution in [2.24, 2.45) is 5.92 Å². The summed E-state index contributed by atoms with van der Waals surface area (Å²) >= 11 is 0. The van der Waals surface area contributed by atoms with Crippen LogP contribution < -0.4 is 0 Å². The average Bonchev–Trinajstić information content (AvgIpc) is 3.48. The molecule has 19 heteroatoms. The Bertz CT molecular complexity index is 1620. The SMILES string of the molecule is CCCCCCCCCCCCCCCCCCCCCC(=O)O[C@H](COC(=O)CCCCCCCCCCC(C)C)COP(=O)(O)OC[C@@H](O)COP(=O)(O)OC[C@@H](COC(=O)CCCCCCC)OC(=O)CCCCCCCCCC. The van der Waals surface area contributed by atoms with Crippen LogP contribution in [-0.4, -0.2) is 96.7 Å². The minimum Gasteiger partial charge on any atom is -0.462 e. The molecule has 5 atom stereocenters. The van der Waals surface area contributed by atoms with Crippen molar-refractivity contribution in [2.75, 3.05) is 39.6 Å². The van der Waals surface area contributed by atoms with Crippen molar-refractivity contribution >= 4 is 39.5 Å². The molecule has 0 bridgehead atoms. The Labute approximate surface area is 505 Å². The van der Waals surface area contributed by atoms with Crippen LogP contribution in [-0.2, 0) is 65.4 Å². The zero-order valence-electron chi connectivity index (χ0n) is 53.3. The van der Waals surface area contributed by atoms with E-state index in [4.69, 9.17) is 37.0 Å². The van der Waals surface area contributed by atoms with Crippen LogP contribution in [0.1, 0.15) is 324 Å². The van der Waals surface area contributed by atoms with Gasteiger partial charge in [-0.2, -0.15) is 0 Å². The van der Waals surface area contributed by atoms with E-state index in [0.717, 1.165) is 109 Å². The van der Waals surface area contributed by atoms with Crippen molar-refractivity contribution in [3.63, 3.8) is 0 Å². The minimum atomic E-state index is -4.94. The van der Waals surface area contributed by atoms with E-state index in [9.17, 15) is 43.2 Å². The number of carbonyl (C=O) groups is 4. The Morgan fingerprint density at radius 2 is 0.554 bits per heavy atom. The van der Waals surface area contributed by atoms with Crippen LogP contribution in [0.5, 0.6) is 0 Å². The van der Waals surface area contributed by atoms with Gasteiger partial charge in [0.25, 0.3) is 0 Å². The number of ether oxygens (including phenoxy) is 4. The van der Waals surface area contributed by atoms with E-state index in [2.05, 4.69) is 34.6 Å². The highest BCUT2D eigenvalue weighted by molar-refractivity contribution is 7.47. The van der Waals surface area contributed by atoms with Gasteiger partial charge in [0.15, 0.2) is 12.2 Å². The third kappa shape index (κ3) is 58.8. The number of unbranched alkanes of at least 4 members (excludes halogenated alkanes) is 36. The molecular formula is C64H124O17P2. The van der Waals surface area contributed by atoms with Crippen LogP contribution in [0.4, 0.5) is 0 Å². The van der Waals surface area contributed by atoms with E-state index in [-0.39, 0.29) is 25.7 Å². The third-order valence-corrected chi connectivity index (χ3v) is 16.7. The van der Waals surface area contributed by atoms with Crippen LogP contribution in [0.2, 0.25) is 0 Å². The first kappa shape index (κ1) is 81.1. The third-order valence-electron chi connectivity index (χ3n) is 14.8. The maximum absolute atomic E-state index is 13.0. The molecule has 0 amide bonds. The molecule has 0 aliphatic rings. The maximum atomic E-state index is 13.0. The molecule has 0 radical (unpaired) electrons. The fraction of sp³-hybridized carbons (Fsp3) is 0.938. The lowest BCUT2D eigenvalue weighted by atomic mass is 10.0. The molecule has 492 valence electrons. The number of esters is 4. The van der Waals surface area contributed by atoms with E-state index < -0.39 is 97.5 Å². The van der Waals surface area contributed by atoms with Gasteiger partial charge in [-0.25, -0.2) is 9.13 Å². The topological polar surface area (TPSA) is 237 Å². The van der Waals surface area contributed by atoms with Gasteiger partial charge in [-0.15, -0.1) is 0 Å². The van der Waals surface area contributed by atoms with Gasteiger partial charge in [0.2, 0.25) is 0 Å². The Hall–Kier alpha value is -1.94. The largest absolute Gasteiger partial charge is 0.472 e. The number of hydrogen-bond donors (Lipinski definition) is 3. The van der Waals surface area contributed by atoms with Crippen molar-refractivity contribution in [2.45, 2.75) is 342 Å². The highest BCUT2D eigenvalue weighted by Gasteiger charge is 2.30. The summed E-state index contributed by atoms with van der Waals surface area (Å²) < 4.78 is 67.7. The molecule has 0 heterocycles. The van der Waals surface area contributed by atoms with Gasteiger partial charge in [0, 0.05) is 25.7 Å². The predicted octanol–water partition coefficient (Wildman–Crippen LogP) is 17.8. The van der Waals surface area contributed by atoms with Gasteiger partial charge in [0.05, 0.1) is 26.4 Å². The van der Waals surface area contributed by atoms with Crippen molar-refractivity contribution in [1.29, 1.82) is 0 Å². The summed E-state index contributed by atoms with van der Waals surface area (Å²) in [5.41, 5.74) is 0. The number of phosphoric acid groups is 2. The molecule has 2 unspecified atom stereocenters. The fourth-order valence-corrected chi connectivity index (χ4v) is 11.2. The van der Waals surface area contributed by atoms with Crippen molar-refractivity contribution in [3.05, 3.63) is 0 Å². The molecule has 0 aromatic rings. The molecule has 0 saturated heterocycles. The molecule has 17 nitrogen and oxygen atoms in total. The van der Waals surface area contributed by atoms with Crippen LogP contribution in [0.15, 0.2) is 0 Å². The first-order valence-corrected chi connectivity index (χ1v) is 36.6. The van der Waals surface area contributed by atoms with E-state index in [1.807, 2.05) is 0 Å². The number of rotatable bonds is 64. The fourth-order valence-electron chi connectivity index (χ4n) is 9.58. The van der Waals surface area contributed by atoms with Gasteiger partial charge in [-0.1, -0.05) is 272 Å². The zero-order chi connectivity index (χ0) is 61.3. The van der Waals surface area contributed by atoms with Crippen molar-refractivity contribution < 1.29 is 80.2 Å². The lowest BCUT2D eigenvalue weighted by molar-refractivity contribution is -0.161.